The average Bonchev–Trinajstić information content (AvgIpc) is 3.04. The minimum absolute atomic E-state index is 0.250. The van der Waals surface area contributed by atoms with Crippen molar-refractivity contribution in [2.75, 3.05) is 6.54 Å². The van der Waals surface area contributed by atoms with Crippen LogP contribution in [0.3, 0.4) is 0 Å². The van der Waals surface area contributed by atoms with Gasteiger partial charge in [-0.15, -0.1) is 0 Å². The molecule has 2 aromatic heterocycles. The largest absolute Gasteiger partial charge is 0.352 e. The highest BCUT2D eigenvalue weighted by molar-refractivity contribution is 7.89. The summed E-state index contributed by atoms with van der Waals surface area (Å²) in [6.45, 7) is 1.36. The van der Waals surface area contributed by atoms with Crippen molar-refractivity contribution >= 4 is 10.0 Å². The zero-order chi connectivity index (χ0) is 14.6. The van der Waals surface area contributed by atoms with Crippen LogP contribution in [0.5, 0.6) is 0 Å². The Morgan fingerprint density at radius 2 is 2.25 bits per heavy atom. The highest BCUT2D eigenvalue weighted by Gasteiger charge is 2.16. The fraction of sp³-hybridized carbons (Fsp3) is 0.417. The molecule has 8 heteroatoms. The summed E-state index contributed by atoms with van der Waals surface area (Å²) in [5.41, 5.74) is 6.32. The molecule has 0 aliphatic rings. The van der Waals surface area contributed by atoms with Crippen molar-refractivity contribution < 1.29 is 8.42 Å². The Morgan fingerprint density at radius 1 is 1.45 bits per heavy atom. The summed E-state index contributed by atoms with van der Waals surface area (Å²) in [6, 6.07) is 3.43. The van der Waals surface area contributed by atoms with Crippen LogP contribution in [-0.2, 0) is 30.2 Å². The van der Waals surface area contributed by atoms with E-state index in [2.05, 4.69) is 9.82 Å². The first kappa shape index (κ1) is 14.8. The molecule has 0 bridgehead atoms. The summed E-state index contributed by atoms with van der Waals surface area (Å²) in [5.74, 6) is 0. The Morgan fingerprint density at radius 3 is 2.85 bits per heavy atom. The molecule has 3 N–H and O–H groups in total. The van der Waals surface area contributed by atoms with Crippen LogP contribution in [0.2, 0.25) is 0 Å². The summed E-state index contributed by atoms with van der Waals surface area (Å²) in [4.78, 5) is 0.250. The lowest BCUT2D eigenvalue weighted by atomic mass is 10.4. The summed E-state index contributed by atoms with van der Waals surface area (Å²) < 4.78 is 30.2. The molecule has 2 heterocycles. The minimum Gasteiger partial charge on any atom is -0.352 e. The van der Waals surface area contributed by atoms with E-state index in [9.17, 15) is 8.42 Å². The second-order valence-electron chi connectivity index (χ2n) is 4.50. The number of aromatic nitrogens is 3. The Kier molecular flexibility index (Phi) is 4.58. The Labute approximate surface area is 118 Å². The molecule has 2 rings (SSSR count). The van der Waals surface area contributed by atoms with Crippen molar-refractivity contribution in [3.05, 3.63) is 36.4 Å². The maximum atomic E-state index is 12.1. The third-order valence-electron chi connectivity index (χ3n) is 3.02. The summed E-state index contributed by atoms with van der Waals surface area (Å²) in [6.07, 6.45) is 5.79. The third-order valence-corrected chi connectivity index (χ3v) is 4.45. The van der Waals surface area contributed by atoms with E-state index in [1.807, 2.05) is 12.3 Å². The van der Waals surface area contributed by atoms with Gasteiger partial charge in [0.2, 0.25) is 10.0 Å². The molecule has 0 atom stereocenters. The number of hydrogen-bond donors (Lipinski definition) is 2. The maximum absolute atomic E-state index is 12.1. The van der Waals surface area contributed by atoms with E-state index < -0.39 is 10.0 Å². The molecule has 0 saturated carbocycles. The second kappa shape index (κ2) is 6.21. The van der Waals surface area contributed by atoms with Crippen molar-refractivity contribution in [1.29, 1.82) is 0 Å². The normalized spacial score (nSPS) is 11.9. The van der Waals surface area contributed by atoms with Gasteiger partial charge in [-0.2, -0.15) is 5.10 Å². The number of rotatable bonds is 7. The summed E-state index contributed by atoms with van der Waals surface area (Å²) in [5, 5.41) is 4.06. The van der Waals surface area contributed by atoms with Crippen molar-refractivity contribution in [1.82, 2.24) is 19.1 Å². The molecule has 0 aromatic carbocycles. The van der Waals surface area contributed by atoms with Gasteiger partial charge in [0.1, 0.15) is 0 Å². The van der Waals surface area contributed by atoms with E-state index in [4.69, 9.17) is 5.73 Å². The number of sulfonamides is 1. The van der Waals surface area contributed by atoms with E-state index in [0.717, 1.165) is 5.69 Å². The first-order chi connectivity index (χ1) is 9.53. The second-order valence-corrected chi connectivity index (χ2v) is 6.27. The number of nitrogens with two attached hydrogens (primary N) is 1. The Balaban J connectivity index is 1.90. The van der Waals surface area contributed by atoms with Gasteiger partial charge in [-0.25, -0.2) is 13.1 Å². The maximum Gasteiger partial charge on any atom is 0.242 e. The molecule has 0 aliphatic heterocycles. The van der Waals surface area contributed by atoms with Crippen molar-refractivity contribution in [3.8, 4) is 0 Å². The highest BCUT2D eigenvalue weighted by atomic mass is 32.2. The molecule has 0 radical (unpaired) electrons. The lowest BCUT2D eigenvalue weighted by Crippen LogP contribution is -2.25. The smallest absolute Gasteiger partial charge is 0.242 e. The fourth-order valence-electron chi connectivity index (χ4n) is 1.89. The molecule has 20 heavy (non-hydrogen) atoms. The zero-order valence-electron chi connectivity index (χ0n) is 11.4. The number of nitrogens with one attached hydrogen (secondary N) is 1. The number of aryl methyl sites for hydroxylation is 2. The monoisotopic (exact) mass is 297 g/mol. The van der Waals surface area contributed by atoms with E-state index in [1.54, 1.807) is 34.8 Å². The molecule has 0 saturated heterocycles. The lowest BCUT2D eigenvalue weighted by Gasteiger charge is -2.05. The van der Waals surface area contributed by atoms with E-state index >= 15 is 0 Å². The molecule has 110 valence electrons. The van der Waals surface area contributed by atoms with Crippen LogP contribution in [-0.4, -0.2) is 29.3 Å². The fourth-order valence-corrected chi connectivity index (χ4v) is 3.06. The van der Waals surface area contributed by atoms with Gasteiger partial charge in [0.05, 0.1) is 4.90 Å². The first-order valence-corrected chi connectivity index (χ1v) is 7.83. The van der Waals surface area contributed by atoms with Gasteiger partial charge in [-0.3, -0.25) is 4.68 Å². The molecule has 0 unspecified atom stereocenters. The van der Waals surface area contributed by atoms with Crippen LogP contribution >= 0.6 is 0 Å². The van der Waals surface area contributed by atoms with Gasteiger partial charge in [-0.05, 0) is 18.6 Å². The molecule has 0 fully saturated rings. The van der Waals surface area contributed by atoms with E-state index in [1.165, 1.54) is 0 Å². The quantitative estimate of drug-likeness (QED) is 0.706. The summed E-state index contributed by atoms with van der Waals surface area (Å²) in [7, 11) is -1.69. The molecule has 0 aliphatic carbocycles. The van der Waals surface area contributed by atoms with Crippen LogP contribution in [0.15, 0.2) is 35.6 Å². The third kappa shape index (κ3) is 3.47. The molecular weight excluding hydrogens is 278 g/mol. The van der Waals surface area contributed by atoms with Crippen molar-refractivity contribution in [2.24, 2.45) is 12.8 Å². The lowest BCUT2D eigenvalue weighted by molar-refractivity contribution is 0.553. The Bertz CT molecular complexity index is 645. The molecule has 2 aromatic rings. The van der Waals surface area contributed by atoms with Crippen LogP contribution in [0.25, 0.3) is 0 Å². The minimum atomic E-state index is -3.47. The Hall–Kier alpha value is -1.64. The van der Waals surface area contributed by atoms with Crippen molar-refractivity contribution in [2.45, 2.75) is 24.4 Å². The van der Waals surface area contributed by atoms with Gasteiger partial charge in [0.15, 0.2) is 0 Å². The predicted octanol–water partition coefficient (Wildman–Crippen LogP) is 0.0489. The topological polar surface area (TPSA) is 94.9 Å². The van der Waals surface area contributed by atoms with Crippen LogP contribution in [0, 0.1) is 0 Å². The van der Waals surface area contributed by atoms with E-state index in [0.29, 0.717) is 26.1 Å². The standard InChI is InChI=1S/C12H19N5O2S/c1-16-10-12(8-11(16)9-13)20(18,19)15-5-3-7-17-6-2-4-14-17/h2,4,6,8,10,15H,3,5,7,9,13H2,1H3. The van der Waals surface area contributed by atoms with E-state index in [-0.39, 0.29) is 4.90 Å². The average molecular weight is 297 g/mol. The number of nitrogens with zero attached hydrogens (tertiary/aromatic N) is 3. The van der Waals surface area contributed by atoms with Crippen LogP contribution < -0.4 is 10.5 Å². The van der Waals surface area contributed by atoms with Gasteiger partial charge in [-0.1, -0.05) is 0 Å². The SMILES string of the molecule is Cn1cc(S(=O)(=O)NCCCn2cccn2)cc1CN. The molecular formula is C12H19N5O2S. The molecule has 0 spiro atoms. The van der Waals surface area contributed by atoms with Gasteiger partial charge >= 0.3 is 0 Å². The van der Waals surface area contributed by atoms with Gasteiger partial charge < -0.3 is 10.3 Å². The highest BCUT2D eigenvalue weighted by Crippen LogP contribution is 2.12. The van der Waals surface area contributed by atoms with Crippen LogP contribution in [0.1, 0.15) is 12.1 Å². The predicted molar refractivity (Wildman–Crippen MR) is 75.3 cm³/mol. The molecule has 0 amide bonds. The van der Waals surface area contributed by atoms with Gasteiger partial charge in [0.25, 0.3) is 0 Å². The number of hydrogen-bond acceptors (Lipinski definition) is 4. The molecule has 7 nitrogen and oxygen atoms in total. The first-order valence-electron chi connectivity index (χ1n) is 6.35. The van der Waals surface area contributed by atoms with Crippen LogP contribution in [0.4, 0.5) is 0 Å². The van der Waals surface area contributed by atoms with Crippen molar-refractivity contribution in [3.63, 3.8) is 0 Å². The summed E-state index contributed by atoms with van der Waals surface area (Å²) >= 11 is 0. The van der Waals surface area contributed by atoms with Gasteiger partial charge in [0, 0.05) is 51.0 Å². The zero-order valence-corrected chi connectivity index (χ0v) is 12.2.